The van der Waals surface area contributed by atoms with E-state index < -0.39 is 11.7 Å². The second-order valence-corrected chi connectivity index (χ2v) is 4.40. The largest absolute Gasteiger partial charge is 0.508 e. The van der Waals surface area contributed by atoms with Crippen molar-refractivity contribution in [1.82, 2.24) is 5.32 Å². The van der Waals surface area contributed by atoms with Crippen molar-refractivity contribution in [2.75, 3.05) is 12.0 Å². The van der Waals surface area contributed by atoms with E-state index in [9.17, 15) is 9.18 Å². The SMILES string of the molecule is CSCC(C)NC(=O)c1ccc(O)cc1F. The summed E-state index contributed by atoms with van der Waals surface area (Å²) in [7, 11) is 0. The Labute approximate surface area is 98.1 Å². The van der Waals surface area contributed by atoms with Gasteiger partial charge in [-0.05, 0) is 25.3 Å². The maximum absolute atomic E-state index is 13.3. The lowest BCUT2D eigenvalue weighted by molar-refractivity contribution is 0.0939. The molecule has 0 aliphatic rings. The Balaban J connectivity index is 2.73. The van der Waals surface area contributed by atoms with E-state index in [1.165, 1.54) is 12.1 Å². The van der Waals surface area contributed by atoms with Crippen LogP contribution in [0.25, 0.3) is 0 Å². The van der Waals surface area contributed by atoms with E-state index in [1.54, 1.807) is 11.8 Å². The van der Waals surface area contributed by atoms with E-state index in [4.69, 9.17) is 5.11 Å². The minimum atomic E-state index is -0.714. The first-order chi connectivity index (χ1) is 7.54. The van der Waals surface area contributed by atoms with E-state index in [2.05, 4.69) is 5.32 Å². The van der Waals surface area contributed by atoms with Gasteiger partial charge in [-0.2, -0.15) is 11.8 Å². The number of amides is 1. The number of hydrogen-bond donors (Lipinski definition) is 2. The minimum Gasteiger partial charge on any atom is -0.508 e. The van der Waals surface area contributed by atoms with Crippen LogP contribution in [-0.4, -0.2) is 29.1 Å². The molecule has 1 unspecified atom stereocenters. The number of hydrogen-bond acceptors (Lipinski definition) is 3. The molecule has 0 spiro atoms. The van der Waals surface area contributed by atoms with Crippen molar-refractivity contribution in [1.29, 1.82) is 0 Å². The second kappa shape index (κ2) is 5.75. The molecule has 1 aromatic carbocycles. The van der Waals surface area contributed by atoms with Gasteiger partial charge in [-0.1, -0.05) is 0 Å². The van der Waals surface area contributed by atoms with Crippen LogP contribution < -0.4 is 5.32 Å². The number of halogens is 1. The van der Waals surface area contributed by atoms with Gasteiger partial charge in [-0.15, -0.1) is 0 Å². The maximum Gasteiger partial charge on any atom is 0.254 e. The third kappa shape index (κ3) is 3.41. The lowest BCUT2D eigenvalue weighted by Crippen LogP contribution is -2.34. The van der Waals surface area contributed by atoms with Crippen molar-refractivity contribution >= 4 is 17.7 Å². The van der Waals surface area contributed by atoms with Crippen LogP contribution in [0.2, 0.25) is 0 Å². The number of benzene rings is 1. The monoisotopic (exact) mass is 243 g/mol. The summed E-state index contributed by atoms with van der Waals surface area (Å²) < 4.78 is 13.3. The Morgan fingerprint density at radius 1 is 1.62 bits per heavy atom. The number of carbonyl (C=O) groups is 1. The fraction of sp³-hybridized carbons (Fsp3) is 0.364. The summed E-state index contributed by atoms with van der Waals surface area (Å²) in [5.74, 6) is -0.593. The molecule has 88 valence electrons. The van der Waals surface area contributed by atoms with Gasteiger partial charge in [0, 0.05) is 17.9 Å². The number of aromatic hydroxyl groups is 1. The van der Waals surface area contributed by atoms with Gasteiger partial charge >= 0.3 is 0 Å². The van der Waals surface area contributed by atoms with Crippen LogP contribution in [0.3, 0.4) is 0 Å². The van der Waals surface area contributed by atoms with Crippen LogP contribution in [0.4, 0.5) is 4.39 Å². The summed E-state index contributed by atoms with van der Waals surface area (Å²) in [6, 6.07) is 3.47. The van der Waals surface area contributed by atoms with Crippen LogP contribution in [0.5, 0.6) is 5.75 Å². The van der Waals surface area contributed by atoms with Gasteiger partial charge < -0.3 is 10.4 Å². The van der Waals surface area contributed by atoms with Crippen LogP contribution in [-0.2, 0) is 0 Å². The Hall–Kier alpha value is -1.23. The van der Waals surface area contributed by atoms with Gasteiger partial charge in [0.1, 0.15) is 11.6 Å². The van der Waals surface area contributed by atoms with E-state index in [0.717, 1.165) is 11.8 Å². The highest BCUT2D eigenvalue weighted by Crippen LogP contribution is 2.15. The van der Waals surface area contributed by atoms with E-state index in [-0.39, 0.29) is 17.4 Å². The van der Waals surface area contributed by atoms with Crippen LogP contribution in [0.1, 0.15) is 17.3 Å². The normalized spacial score (nSPS) is 12.2. The molecule has 2 N–H and O–H groups in total. The first kappa shape index (κ1) is 12.8. The molecular weight excluding hydrogens is 229 g/mol. The van der Waals surface area contributed by atoms with Crippen molar-refractivity contribution in [2.24, 2.45) is 0 Å². The summed E-state index contributed by atoms with van der Waals surface area (Å²) >= 11 is 1.61. The van der Waals surface area contributed by atoms with Gasteiger partial charge in [-0.25, -0.2) is 4.39 Å². The van der Waals surface area contributed by atoms with Crippen LogP contribution in [0, 0.1) is 5.82 Å². The van der Waals surface area contributed by atoms with E-state index in [1.807, 2.05) is 13.2 Å². The molecule has 0 radical (unpaired) electrons. The molecule has 0 aliphatic carbocycles. The molecule has 5 heteroatoms. The highest BCUT2D eigenvalue weighted by Gasteiger charge is 2.14. The maximum atomic E-state index is 13.3. The summed E-state index contributed by atoms with van der Waals surface area (Å²) in [4.78, 5) is 11.6. The van der Waals surface area contributed by atoms with Crippen LogP contribution >= 0.6 is 11.8 Å². The Bertz CT molecular complexity index is 384. The van der Waals surface area contributed by atoms with Gasteiger partial charge in [-0.3, -0.25) is 4.79 Å². The zero-order chi connectivity index (χ0) is 12.1. The van der Waals surface area contributed by atoms with Crippen LogP contribution in [0.15, 0.2) is 18.2 Å². The number of rotatable bonds is 4. The molecule has 16 heavy (non-hydrogen) atoms. The average Bonchev–Trinajstić information content (AvgIpc) is 2.17. The number of nitrogens with one attached hydrogen (secondary N) is 1. The molecule has 1 atom stereocenters. The smallest absolute Gasteiger partial charge is 0.254 e. The van der Waals surface area contributed by atoms with Crippen molar-refractivity contribution in [3.8, 4) is 5.75 Å². The molecule has 3 nitrogen and oxygen atoms in total. The summed E-state index contributed by atoms with van der Waals surface area (Å²) in [6.45, 7) is 1.85. The molecule has 1 amide bonds. The van der Waals surface area contributed by atoms with Crippen molar-refractivity contribution < 1.29 is 14.3 Å². The lowest BCUT2D eigenvalue weighted by atomic mass is 10.2. The fourth-order valence-electron chi connectivity index (χ4n) is 1.28. The topological polar surface area (TPSA) is 49.3 Å². The fourth-order valence-corrected chi connectivity index (χ4v) is 1.86. The molecule has 0 saturated heterocycles. The predicted molar refractivity (Wildman–Crippen MR) is 63.4 cm³/mol. The van der Waals surface area contributed by atoms with Crippen molar-refractivity contribution in [3.05, 3.63) is 29.6 Å². The second-order valence-electron chi connectivity index (χ2n) is 3.49. The van der Waals surface area contributed by atoms with Crippen molar-refractivity contribution in [2.45, 2.75) is 13.0 Å². The Morgan fingerprint density at radius 2 is 2.31 bits per heavy atom. The molecular formula is C11H14FNO2S. The first-order valence-corrected chi connectivity index (χ1v) is 6.22. The van der Waals surface area contributed by atoms with Gasteiger partial charge in [0.2, 0.25) is 0 Å². The number of carbonyl (C=O) groups excluding carboxylic acids is 1. The number of phenolic OH excluding ortho intramolecular Hbond substituents is 1. The zero-order valence-corrected chi connectivity index (χ0v) is 9.97. The molecule has 0 aromatic heterocycles. The standard InChI is InChI=1S/C11H14FNO2S/c1-7(6-16-2)13-11(15)9-4-3-8(14)5-10(9)12/h3-5,7,14H,6H2,1-2H3,(H,13,15). The molecule has 1 aromatic rings. The third-order valence-electron chi connectivity index (χ3n) is 1.99. The molecule has 0 saturated carbocycles. The third-order valence-corrected chi connectivity index (χ3v) is 2.82. The van der Waals surface area contributed by atoms with Gasteiger partial charge in [0.25, 0.3) is 5.91 Å². The number of phenols is 1. The summed E-state index contributed by atoms with van der Waals surface area (Å²) in [5, 5.41) is 11.7. The molecule has 0 aliphatic heterocycles. The molecule has 0 fully saturated rings. The molecule has 1 rings (SSSR count). The minimum absolute atomic E-state index is 0.0179. The highest BCUT2D eigenvalue weighted by atomic mass is 32.2. The zero-order valence-electron chi connectivity index (χ0n) is 9.16. The Morgan fingerprint density at radius 3 is 2.88 bits per heavy atom. The average molecular weight is 243 g/mol. The lowest BCUT2D eigenvalue weighted by Gasteiger charge is -2.12. The van der Waals surface area contributed by atoms with Gasteiger partial charge in [0.05, 0.1) is 5.56 Å². The summed E-state index contributed by atoms with van der Waals surface area (Å²) in [6.07, 6.45) is 1.93. The highest BCUT2D eigenvalue weighted by molar-refractivity contribution is 7.98. The molecule has 0 bridgehead atoms. The van der Waals surface area contributed by atoms with Gasteiger partial charge in [0.15, 0.2) is 0 Å². The van der Waals surface area contributed by atoms with E-state index in [0.29, 0.717) is 0 Å². The van der Waals surface area contributed by atoms with Crippen molar-refractivity contribution in [3.63, 3.8) is 0 Å². The first-order valence-electron chi connectivity index (χ1n) is 4.83. The summed E-state index contributed by atoms with van der Waals surface area (Å²) in [5.41, 5.74) is -0.0502. The molecule has 0 heterocycles. The quantitative estimate of drug-likeness (QED) is 0.850. The number of thioether (sulfide) groups is 1. The Kier molecular flexibility index (Phi) is 4.61. The predicted octanol–water partition coefficient (Wildman–Crippen LogP) is 2.01. The van der Waals surface area contributed by atoms with E-state index >= 15 is 0 Å².